The van der Waals surface area contributed by atoms with Gasteiger partial charge in [0.15, 0.2) is 0 Å². The van der Waals surface area contributed by atoms with E-state index in [2.05, 4.69) is 5.32 Å². The molecule has 1 unspecified atom stereocenters. The molecule has 0 aliphatic rings. The number of carboxylic acid groups (broad SMARTS) is 1. The summed E-state index contributed by atoms with van der Waals surface area (Å²) in [5, 5.41) is 21.2. The van der Waals surface area contributed by atoms with E-state index in [-0.39, 0.29) is 25.4 Å². The maximum Gasteiger partial charge on any atom is 0.307 e. The highest BCUT2D eigenvalue weighted by Crippen LogP contribution is 2.14. The molecule has 0 spiro atoms. The van der Waals surface area contributed by atoms with Gasteiger partial charge in [0, 0.05) is 0 Å². The summed E-state index contributed by atoms with van der Waals surface area (Å²) >= 11 is 0. The Morgan fingerprint density at radius 3 is 2.04 bits per heavy atom. The molecule has 23 heavy (non-hydrogen) atoms. The molecule has 0 aliphatic heterocycles. The Hall–Kier alpha value is -2.66. The van der Waals surface area contributed by atoms with E-state index in [0.29, 0.717) is 11.1 Å². The van der Waals surface area contributed by atoms with Crippen LogP contribution in [0.1, 0.15) is 22.7 Å². The minimum atomic E-state index is -0.935. The molecule has 1 amide bonds. The second-order valence-corrected chi connectivity index (χ2v) is 5.23. The van der Waals surface area contributed by atoms with Gasteiger partial charge in [0.25, 0.3) is 0 Å². The summed E-state index contributed by atoms with van der Waals surface area (Å²) in [6.07, 6.45) is -0.0433. The molecular formula is C18H19NO4. The molecule has 0 bridgehead atoms. The van der Waals surface area contributed by atoms with Crippen LogP contribution in [-0.2, 0) is 22.4 Å². The molecule has 0 heterocycles. The zero-order valence-electron chi connectivity index (χ0n) is 12.6. The standard InChI is InChI=1S/C18H19NO4/c20-12-16(13-6-2-1-3-7-13)19-17(21)10-14-8-4-5-9-15(14)11-18(22)23/h1-9,16,20H,10-12H2,(H,19,21)(H,22,23). The highest BCUT2D eigenvalue weighted by atomic mass is 16.4. The van der Waals surface area contributed by atoms with Gasteiger partial charge in [-0.3, -0.25) is 9.59 Å². The smallest absolute Gasteiger partial charge is 0.307 e. The molecule has 2 aromatic carbocycles. The zero-order chi connectivity index (χ0) is 16.7. The lowest BCUT2D eigenvalue weighted by molar-refractivity contribution is -0.136. The van der Waals surface area contributed by atoms with Gasteiger partial charge in [-0.2, -0.15) is 0 Å². The first-order valence-electron chi connectivity index (χ1n) is 7.34. The summed E-state index contributed by atoms with van der Waals surface area (Å²) in [5.41, 5.74) is 2.12. The number of aliphatic hydroxyl groups excluding tert-OH is 1. The van der Waals surface area contributed by atoms with Crippen LogP contribution < -0.4 is 5.32 Å². The number of rotatable bonds is 7. The molecule has 0 saturated heterocycles. The molecule has 1 atom stereocenters. The first kappa shape index (κ1) is 16.7. The summed E-state index contributed by atoms with van der Waals surface area (Å²) in [4.78, 5) is 23.1. The predicted octanol–water partition coefficient (Wildman–Crippen LogP) is 1.71. The molecule has 0 radical (unpaired) electrons. The fourth-order valence-corrected chi connectivity index (χ4v) is 2.40. The van der Waals surface area contributed by atoms with Crippen molar-refractivity contribution in [2.75, 3.05) is 6.61 Å². The van der Waals surface area contributed by atoms with Gasteiger partial charge < -0.3 is 15.5 Å². The maximum absolute atomic E-state index is 12.2. The van der Waals surface area contributed by atoms with Crippen molar-refractivity contribution >= 4 is 11.9 Å². The van der Waals surface area contributed by atoms with Gasteiger partial charge in [-0.25, -0.2) is 0 Å². The summed E-state index contributed by atoms with van der Waals surface area (Å²) in [6.45, 7) is -0.202. The van der Waals surface area contributed by atoms with Crippen LogP contribution in [0.2, 0.25) is 0 Å². The van der Waals surface area contributed by atoms with E-state index in [9.17, 15) is 14.7 Å². The van der Waals surface area contributed by atoms with Gasteiger partial charge in [0.05, 0.1) is 25.5 Å². The molecule has 0 saturated carbocycles. The third-order valence-electron chi connectivity index (χ3n) is 3.53. The number of hydrogen-bond donors (Lipinski definition) is 3. The third kappa shape index (κ3) is 4.93. The van der Waals surface area contributed by atoms with E-state index in [1.165, 1.54) is 0 Å². The molecule has 0 fully saturated rings. The quantitative estimate of drug-likeness (QED) is 0.726. The van der Waals surface area contributed by atoms with Crippen LogP contribution in [0, 0.1) is 0 Å². The van der Waals surface area contributed by atoms with Crippen molar-refractivity contribution in [1.29, 1.82) is 0 Å². The summed E-state index contributed by atoms with van der Waals surface area (Å²) < 4.78 is 0. The maximum atomic E-state index is 12.2. The Bertz CT molecular complexity index is 670. The molecule has 2 rings (SSSR count). The Balaban J connectivity index is 2.06. The molecule has 2 aromatic rings. The van der Waals surface area contributed by atoms with Crippen molar-refractivity contribution in [3.05, 3.63) is 71.3 Å². The first-order valence-corrected chi connectivity index (χ1v) is 7.34. The van der Waals surface area contributed by atoms with Crippen molar-refractivity contribution in [3.8, 4) is 0 Å². The fraction of sp³-hybridized carbons (Fsp3) is 0.222. The average molecular weight is 313 g/mol. The predicted molar refractivity (Wildman–Crippen MR) is 85.9 cm³/mol. The molecule has 0 aromatic heterocycles. The summed E-state index contributed by atoms with van der Waals surface area (Å²) in [7, 11) is 0. The Labute approximate surface area is 134 Å². The lowest BCUT2D eigenvalue weighted by Gasteiger charge is -2.17. The topological polar surface area (TPSA) is 86.6 Å². The van der Waals surface area contributed by atoms with E-state index in [1.807, 2.05) is 30.3 Å². The minimum absolute atomic E-state index is 0.0762. The lowest BCUT2D eigenvalue weighted by Crippen LogP contribution is -2.32. The Morgan fingerprint density at radius 2 is 1.48 bits per heavy atom. The molecule has 0 aliphatic carbocycles. The monoisotopic (exact) mass is 313 g/mol. The van der Waals surface area contributed by atoms with E-state index in [0.717, 1.165) is 5.56 Å². The second-order valence-electron chi connectivity index (χ2n) is 5.23. The van der Waals surface area contributed by atoms with Gasteiger partial charge in [-0.1, -0.05) is 54.6 Å². The zero-order valence-corrected chi connectivity index (χ0v) is 12.6. The second kappa shape index (κ2) is 8.10. The molecule has 5 nitrogen and oxygen atoms in total. The van der Waals surface area contributed by atoms with Crippen LogP contribution in [-0.4, -0.2) is 28.7 Å². The average Bonchev–Trinajstić information content (AvgIpc) is 2.55. The fourth-order valence-electron chi connectivity index (χ4n) is 2.40. The molecule has 120 valence electrons. The van der Waals surface area contributed by atoms with Gasteiger partial charge in [-0.05, 0) is 16.7 Å². The minimum Gasteiger partial charge on any atom is -0.481 e. The molecular weight excluding hydrogens is 294 g/mol. The third-order valence-corrected chi connectivity index (χ3v) is 3.53. The number of carbonyl (C=O) groups excluding carboxylic acids is 1. The van der Waals surface area contributed by atoms with Crippen molar-refractivity contribution in [3.63, 3.8) is 0 Å². The summed E-state index contributed by atoms with van der Waals surface area (Å²) in [5.74, 6) is -1.19. The number of amides is 1. The van der Waals surface area contributed by atoms with Crippen molar-refractivity contribution < 1.29 is 19.8 Å². The van der Waals surface area contributed by atoms with E-state index in [1.54, 1.807) is 24.3 Å². The van der Waals surface area contributed by atoms with E-state index >= 15 is 0 Å². The van der Waals surface area contributed by atoms with Crippen molar-refractivity contribution in [2.45, 2.75) is 18.9 Å². The molecule has 3 N–H and O–H groups in total. The number of aliphatic hydroxyl groups is 1. The van der Waals surface area contributed by atoms with Gasteiger partial charge in [-0.15, -0.1) is 0 Å². The SMILES string of the molecule is O=C(O)Cc1ccccc1CC(=O)NC(CO)c1ccccc1. The van der Waals surface area contributed by atoms with Crippen molar-refractivity contribution in [2.24, 2.45) is 0 Å². The number of nitrogens with one attached hydrogen (secondary N) is 1. The van der Waals surface area contributed by atoms with Crippen LogP contribution in [0.3, 0.4) is 0 Å². The number of hydrogen-bond acceptors (Lipinski definition) is 3. The Kier molecular flexibility index (Phi) is 5.88. The highest BCUT2D eigenvalue weighted by molar-refractivity contribution is 5.80. The highest BCUT2D eigenvalue weighted by Gasteiger charge is 2.15. The van der Waals surface area contributed by atoms with E-state index < -0.39 is 12.0 Å². The van der Waals surface area contributed by atoms with Crippen LogP contribution in [0.4, 0.5) is 0 Å². The molecule has 5 heteroatoms. The summed E-state index contributed by atoms with van der Waals surface area (Å²) in [6, 6.07) is 15.7. The normalized spacial score (nSPS) is 11.7. The largest absolute Gasteiger partial charge is 0.481 e. The number of aliphatic carboxylic acids is 1. The van der Waals surface area contributed by atoms with Gasteiger partial charge in [0.2, 0.25) is 5.91 Å². The van der Waals surface area contributed by atoms with Gasteiger partial charge in [0.1, 0.15) is 0 Å². The number of benzene rings is 2. The van der Waals surface area contributed by atoms with Crippen LogP contribution in [0.25, 0.3) is 0 Å². The van der Waals surface area contributed by atoms with Gasteiger partial charge >= 0.3 is 5.97 Å². The van der Waals surface area contributed by atoms with E-state index in [4.69, 9.17) is 5.11 Å². The number of carbonyl (C=O) groups is 2. The van der Waals surface area contributed by atoms with Crippen LogP contribution in [0.5, 0.6) is 0 Å². The number of carboxylic acids is 1. The lowest BCUT2D eigenvalue weighted by atomic mass is 10.0. The van der Waals surface area contributed by atoms with Crippen molar-refractivity contribution in [1.82, 2.24) is 5.32 Å². The Morgan fingerprint density at radius 1 is 0.913 bits per heavy atom. The van der Waals surface area contributed by atoms with Crippen LogP contribution >= 0.6 is 0 Å². The first-order chi connectivity index (χ1) is 11.1. The van der Waals surface area contributed by atoms with Crippen LogP contribution in [0.15, 0.2) is 54.6 Å².